The van der Waals surface area contributed by atoms with E-state index in [-0.39, 0.29) is 23.0 Å². The van der Waals surface area contributed by atoms with Crippen LogP contribution in [0.15, 0.2) is 18.2 Å². The summed E-state index contributed by atoms with van der Waals surface area (Å²) in [4.78, 5) is 27.6. The van der Waals surface area contributed by atoms with Crippen LogP contribution >= 0.6 is 0 Å². The molecule has 0 bridgehead atoms. The first-order valence-electron chi connectivity index (χ1n) is 6.04. The van der Waals surface area contributed by atoms with Crippen molar-refractivity contribution < 1.29 is 9.59 Å². The smallest absolute Gasteiger partial charge is 0.270 e. The summed E-state index contributed by atoms with van der Waals surface area (Å²) in [5, 5.41) is 5.37. The van der Waals surface area contributed by atoms with Gasteiger partial charge in [0.2, 0.25) is 5.91 Å². The molecule has 19 heavy (non-hydrogen) atoms. The molecule has 6 heteroatoms. The van der Waals surface area contributed by atoms with E-state index in [2.05, 4.69) is 15.6 Å². The van der Waals surface area contributed by atoms with Crippen LogP contribution in [0.3, 0.4) is 0 Å². The van der Waals surface area contributed by atoms with E-state index in [0.29, 0.717) is 0 Å². The number of nitrogens with two attached hydrogens (primary N) is 1. The third-order valence-electron chi connectivity index (χ3n) is 2.24. The Morgan fingerprint density at radius 1 is 1.32 bits per heavy atom. The molecule has 2 amide bonds. The summed E-state index contributed by atoms with van der Waals surface area (Å²) < 4.78 is 0. The zero-order valence-corrected chi connectivity index (χ0v) is 11.7. The number of carbonyl (C=O) groups is 2. The van der Waals surface area contributed by atoms with Crippen molar-refractivity contribution in [2.45, 2.75) is 39.3 Å². The van der Waals surface area contributed by atoms with Gasteiger partial charge in [-0.25, -0.2) is 4.98 Å². The van der Waals surface area contributed by atoms with E-state index in [1.165, 1.54) is 0 Å². The highest BCUT2D eigenvalue weighted by Gasteiger charge is 2.21. The quantitative estimate of drug-likeness (QED) is 0.748. The Bertz CT molecular complexity index is 480. The average molecular weight is 264 g/mol. The topological polar surface area (TPSA) is 97.1 Å². The van der Waals surface area contributed by atoms with E-state index in [4.69, 9.17) is 5.73 Å². The molecule has 104 valence electrons. The number of pyridine rings is 1. The maximum atomic E-state index is 11.9. The molecule has 0 radical (unpaired) electrons. The van der Waals surface area contributed by atoms with Crippen LogP contribution in [0.5, 0.6) is 0 Å². The summed E-state index contributed by atoms with van der Waals surface area (Å²) in [6.07, 6.45) is 0. The van der Waals surface area contributed by atoms with Crippen LogP contribution in [0.1, 0.15) is 38.2 Å². The van der Waals surface area contributed by atoms with Gasteiger partial charge < -0.3 is 16.4 Å². The number of anilines is 1. The zero-order chi connectivity index (χ0) is 14.6. The van der Waals surface area contributed by atoms with Crippen molar-refractivity contribution in [2.75, 3.05) is 5.73 Å². The number of hydrogen-bond acceptors (Lipinski definition) is 4. The molecule has 0 aliphatic carbocycles. The van der Waals surface area contributed by atoms with Crippen molar-refractivity contribution in [3.05, 3.63) is 23.9 Å². The largest absolute Gasteiger partial charge is 0.384 e. The van der Waals surface area contributed by atoms with E-state index in [0.717, 1.165) is 0 Å². The normalized spacial score (nSPS) is 12.6. The van der Waals surface area contributed by atoms with Crippen molar-refractivity contribution in [1.29, 1.82) is 0 Å². The monoisotopic (exact) mass is 264 g/mol. The average Bonchev–Trinajstić information content (AvgIpc) is 2.26. The zero-order valence-electron chi connectivity index (χ0n) is 11.7. The molecule has 1 atom stereocenters. The first kappa shape index (κ1) is 14.9. The van der Waals surface area contributed by atoms with Gasteiger partial charge in [0.1, 0.15) is 17.6 Å². The number of amides is 2. The van der Waals surface area contributed by atoms with Gasteiger partial charge in [-0.3, -0.25) is 9.59 Å². The number of aromatic nitrogens is 1. The molecule has 4 N–H and O–H groups in total. The lowest BCUT2D eigenvalue weighted by Crippen LogP contribution is -2.50. The molecule has 0 saturated heterocycles. The fourth-order valence-corrected chi connectivity index (χ4v) is 1.39. The highest BCUT2D eigenvalue weighted by molar-refractivity contribution is 5.96. The standard InChI is InChI=1S/C13H20N4O2/c1-8(11(18)17-13(2,3)4)15-12(19)9-6-5-7-10(14)16-9/h5-8H,1-4H3,(H2,14,16)(H,15,19)(H,17,18). The van der Waals surface area contributed by atoms with E-state index < -0.39 is 11.9 Å². The number of nitrogen functional groups attached to an aromatic ring is 1. The van der Waals surface area contributed by atoms with Crippen molar-refractivity contribution >= 4 is 17.6 Å². The molecule has 0 saturated carbocycles. The predicted molar refractivity (Wildman–Crippen MR) is 73.5 cm³/mol. The summed E-state index contributed by atoms with van der Waals surface area (Å²) >= 11 is 0. The van der Waals surface area contributed by atoms with Gasteiger partial charge >= 0.3 is 0 Å². The Balaban J connectivity index is 2.64. The van der Waals surface area contributed by atoms with Gasteiger partial charge in [0, 0.05) is 5.54 Å². The van der Waals surface area contributed by atoms with E-state index >= 15 is 0 Å². The minimum absolute atomic E-state index is 0.190. The maximum absolute atomic E-state index is 11.9. The summed E-state index contributed by atoms with van der Waals surface area (Å²) in [6, 6.07) is 4.12. The van der Waals surface area contributed by atoms with Gasteiger partial charge in [0.15, 0.2) is 0 Å². The Kier molecular flexibility index (Phi) is 4.47. The molecule has 0 aliphatic rings. The van der Waals surface area contributed by atoms with Crippen molar-refractivity contribution in [1.82, 2.24) is 15.6 Å². The lowest BCUT2D eigenvalue weighted by atomic mass is 10.1. The Morgan fingerprint density at radius 3 is 2.47 bits per heavy atom. The van der Waals surface area contributed by atoms with Crippen LogP contribution in [-0.2, 0) is 4.79 Å². The highest BCUT2D eigenvalue weighted by atomic mass is 16.2. The minimum atomic E-state index is -0.644. The van der Waals surface area contributed by atoms with Gasteiger partial charge in [-0.1, -0.05) is 6.07 Å². The van der Waals surface area contributed by atoms with Gasteiger partial charge in [0.25, 0.3) is 5.91 Å². The van der Waals surface area contributed by atoms with Crippen LogP contribution in [0.25, 0.3) is 0 Å². The second-order valence-electron chi connectivity index (χ2n) is 5.38. The van der Waals surface area contributed by atoms with Crippen LogP contribution in [-0.4, -0.2) is 28.4 Å². The molecule has 0 spiro atoms. The summed E-state index contributed by atoms with van der Waals surface area (Å²) in [5.74, 6) is -0.409. The Hall–Kier alpha value is -2.11. The lowest BCUT2D eigenvalue weighted by molar-refractivity contribution is -0.124. The first-order valence-corrected chi connectivity index (χ1v) is 6.04. The van der Waals surface area contributed by atoms with Crippen molar-refractivity contribution in [2.24, 2.45) is 0 Å². The third-order valence-corrected chi connectivity index (χ3v) is 2.24. The maximum Gasteiger partial charge on any atom is 0.270 e. The van der Waals surface area contributed by atoms with Crippen LogP contribution in [0.4, 0.5) is 5.82 Å². The van der Waals surface area contributed by atoms with Crippen LogP contribution in [0.2, 0.25) is 0 Å². The molecule has 0 aromatic carbocycles. The van der Waals surface area contributed by atoms with Crippen molar-refractivity contribution in [3.8, 4) is 0 Å². The van der Waals surface area contributed by atoms with Crippen LogP contribution in [0, 0.1) is 0 Å². The highest BCUT2D eigenvalue weighted by Crippen LogP contribution is 2.02. The fourth-order valence-electron chi connectivity index (χ4n) is 1.39. The summed E-state index contributed by atoms with van der Waals surface area (Å²) in [6.45, 7) is 7.24. The predicted octanol–water partition coefficient (Wildman–Crippen LogP) is 0.697. The molecular formula is C13H20N4O2. The van der Waals surface area contributed by atoms with Crippen LogP contribution < -0.4 is 16.4 Å². The van der Waals surface area contributed by atoms with Crippen molar-refractivity contribution in [3.63, 3.8) is 0 Å². The third kappa shape index (κ3) is 4.95. The second-order valence-corrected chi connectivity index (χ2v) is 5.38. The van der Waals surface area contributed by atoms with Gasteiger partial charge in [-0.2, -0.15) is 0 Å². The van der Waals surface area contributed by atoms with Gasteiger partial charge in [0.05, 0.1) is 0 Å². The molecular weight excluding hydrogens is 244 g/mol. The lowest BCUT2D eigenvalue weighted by Gasteiger charge is -2.23. The molecule has 1 heterocycles. The molecule has 1 aromatic rings. The molecule has 0 aliphatic heterocycles. The van der Waals surface area contributed by atoms with E-state index in [9.17, 15) is 9.59 Å². The van der Waals surface area contributed by atoms with Gasteiger partial charge in [-0.15, -0.1) is 0 Å². The SMILES string of the molecule is CC(NC(=O)c1cccc(N)n1)C(=O)NC(C)(C)C. The molecule has 1 aromatic heterocycles. The number of carbonyl (C=O) groups excluding carboxylic acids is 2. The Morgan fingerprint density at radius 2 is 1.95 bits per heavy atom. The summed E-state index contributed by atoms with van der Waals surface area (Å²) in [7, 11) is 0. The molecule has 6 nitrogen and oxygen atoms in total. The Labute approximate surface area is 112 Å². The first-order chi connectivity index (χ1) is 8.69. The molecule has 1 unspecified atom stereocenters. The number of hydrogen-bond donors (Lipinski definition) is 3. The summed E-state index contributed by atoms with van der Waals surface area (Å²) in [5.41, 5.74) is 5.35. The number of nitrogens with one attached hydrogen (secondary N) is 2. The fraction of sp³-hybridized carbons (Fsp3) is 0.462. The minimum Gasteiger partial charge on any atom is -0.384 e. The number of rotatable bonds is 3. The van der Waals surface area contributed by atoms with E-state index in [1.807, 2.05) is 20.8 Å². The van der Waals surface area contributed by atoms with E-state index in [1.54, 1.807) is 25.1 Å². The van der Waals surface area contributed by atoms with Gasteiger partial charge in [-0.05, 0) is 39.8 Å². The second kappa shape index (κ2) is 5.69. The molecule has 0 fully saturated rings. The molecule has 1 rings (SSSR count). The number of nitrogens with zero attached hydrogens (tertiary/aromatic N) is 1.